The van der Waals surface area contributed by atoms with E-state index in [0.29, 0.717) is 11.7 Å². The Kier molecular flexibility index (Phi) is 14.0. The number of benzene rings is 1. The minimum Gasteiger partial charge on any atom is -0.507 e. The zero-order valence-corrected chi connectivity index (χ0v) is 16.6. The Bertz CT molecular complexity index is 567. The number of hydrogen-bond acceptors (Lipinski definition) is 3. The van der Waals surface area contributed by atoms with Gasteiger partial charge in [0.05, 0.1) is 5.69 Å². The molecule has 6 heteroatoms. The van der Waals surface area contributed by atoms with Gasteiger partial charge in [0.25, 0.3) is 0 Å². The van der Waals surface area contributed by atoms with Gasteiger partial charge in [0.1, 0.15) is 5.75 Å². The standard InChI is InChI=1S/C18H24N2O.3ClH/c1-3-5-6-9-14(4-2)15-10-7-12-17(21)18(15)16-11-8-13-19-20-16;;;/h7-8,10-14,21H,3-6,9H2,1-2H3;3*1H. The van der Waals surface area contributed by atoms with Crippen LogP contribution in [0.5, 0.6) is 5.75 Å². The van der Waals surface area contributed by atoms with Crippen molar-refractivity contribution in [2.45, 2.75) is 51.9 Å². The fraction of sp³-hybridized carbons (Fsp3) is 0.444. The highest BCUT2D eigenvalue weighted by Crippen LogP contribution is 2.38. The first-order chi connectivity index (χ1) is 10.3. The lowest BCUT2D eigenvalue weighted by atomic mass is 9.86. The Balaban J connectivity index is 0. The number of aromatic hydroxyl groups is 1. The zero-order chi connectivity index (χ0) is 15.1. The van der Waals surface area contributed by atoms with E-state index in [9.17, 15) is 5.11 Å². The summed E-state index contributed by atoms with van der Waals surface area (Å²) in [4.78, 5) is 0. The number of hydrogen-bond donors (Lipinski definition) is 1. The summed E-state index contributed by atoms with van der Waals surface area (Å²) in [5, 5.41) is 18.4. The van der Waals surface area contributed by atoms with Crippen LogP contribution in [0, 0.1) is 0 Å². The summed E-state index contributed by atoms with van der Waals surface area (Å²) in [6.07, 6.45) is 7.59. The SMILES string of the molecule is CCCCCC(CC)c1cccc(O)c1-c1cccnn1.Cl.Cl.Cl. The first-order valence-electron chi connectivity index (χ1n) is 7.87. The molecule has 0 radical (unpaired) electrons. The smallest absolute Gasteiger partial charge is 0.125 e. The molecule has 0 bridgehead atoms. The average molecular weight is 394 g/mol. The molecule has 136 valence electrons. The van der Waals surface area contributed by atoms with Gasteiger partial charge >= 0.3 is 0 Å². The molecule has 0 saturated carbocycles. The van der Waals surface area contributed by atoms with Gasteiger partial charge in [0.2, 0.25) is 0 Å². The fourth-order valence-corrected chi connectivity index (χ4v) is 2.83. The third-order valence-corrected chi connectivity index (χ3v) is 3.99. The topological polar surface area (TPSA) is 46.0 Å². The van der Waals surface area contributed by atoms with Crippen molar-refractivity contribution >= 4 is 37.2 Å². The molecule has 0 aliphatic rings. The lowest BCUT2D eigenvalue weighted by Gasteiger charge is -2.19. The van der Waals surface area contributed by atoms with Crippen LogP contribution in [-0.4, -0.2) is 15.3 Å². The third kappa shape index (κ3) is 6.46. The predicted molar refractivity (Wildman–Crippen MR) is 108 cm³/mol. The monoisotopic (exact) mass is 392 g/mol. The number of halogens is 3. The van der Waals surface area contributed by atoms with E-state index < -0.39 is 0 Å². The molecule has 1 atom stereocenters. The molecule has 0 spiro atoms. The second-order valence-electron chi connectivity index (χ2n) is 5.45. The van der Waals surface area contributed by atoms with E-state index in [2.05, 4.69) is 30.1 Å². The summed E-state index contributed by atoms with van der Waals surface area (Å²) in [6.45, 7) is 4.43. The largest absolute Gasteiger partial charge is 0.507 e. The number of aromatic nitrogens is 2. The highest BCUT2D eigenvalue weighted by Gasteiger charge is 2.18. The Hall–Kier alpha value is -1.03. The third-order valence-electron chi connectivity index (χ3n) is 3.99. The van der Waals surface area contributed by atoms with E-state index >= 15 is 0 Å². The number of phenolic OH excluding ortho intramolecular Hbond substituents is 1. The quantitative estimate of drug-likeness (QED) is 0.570. The summed E-state index contributed by atoms with van der Waals surface area (Å²) in [6, 6.07) is 9.53. The van der Waals surface area contributed by atoms with Gasteiger partial charge in [-0.1, -0.05) is 45.2 Å². The highest BCUT2D eigenvalue weighted by molar-refractivity contribution is 5.86. The first-order valence-corrected chi connectivity index (χ1v) is 7.87. The molecule has 1 unspecified atom stereocenters. The summed E-state index contributed by atoms with van der Waals surface area (Å²) < 4.78 is 0. The predicted octanol–water partition coefficient (Wildman–Crippen LogP) is 6.19. The normalized spacial score (nSPS) is 10.8. The van der Waals surface area contributed by atoms with Crippen molar-refractivity contribution in [2.24, 2.45) is 0 Å². The highest BCUT2D eigenvalue weighted by atomic mass is 35.5. The molecule has 0 amide bonds. The van der Waals surface area contributed by atoms with Crippen molar-refractivity contribution in [3.05, 3.63) is 42.1 Å². The lowest BCUT2D eigenvalue weighted by Crippen LogP contribution is -2.01. The Labute approximate surface area is 163 Å². The van der Waals surface area contributed by atoms with Crippen LogP contribution in [0.25, 0.3) is 11.3 Å². The molecule has 0 fully saturated rings. The van der Waals surface area contributed by atoms with Gasteiger partial charge in [-0.25, -0.2) is 0 Å². The molecule has 1 heterocycles. The summed E-state index contributed by atoms with van der Waals surface area (Å²) in [5.74, 6) is 0.752. The van der Waals surface area contributed by atoms with Crippen molar-refractivity contribution in [3.8, 4) is 17.0 Å². The van der Waals surface area contributed by atoms with E-state index in [4.69, 9.17) is 0 Å². The van der Waals surface area contributed by atoms with Crippen LogP contribution < -0.4 is 0 Å². The van der Waals surface area contributed by atoms with Gasteiger partial charge < -0.3 is 5.11 Å². The molecule has 1 aromatic carbocycles. The summed E-state index contributed by atoms with van der Waals surface area (Å²) >= 11 is 0. The zero-order valence-electron chi connectivity index (χ0n) is 14.1. The van der Waals surface area contributed by atoms with E-state index in [0.717, 1.165) is 24.1 Å². The lowest BCUT2D eigenvalue weighted by molar-refractivity contribution is 0.474. The Morgan fingerprint density at radius 3 is 2.33 bits per heavy atom. The minimum atomic E-state index is 0. The van der Waals surface area contributed by atoms with Gasteiger partial charge in [0.15, 0.2) is 0 Å². The van der Waals surface area contributed by atoms with Crippen LogP contribution in [0.1, 0.15) is 57.4 Å². The molecule has 24 heavy (non-hydrogen) atoms. The van der Waals surface area contributed by atoms with Crippen molar-refractivity contribution < 1.29 is 5.11 Å². The second-order valence-corrected chi connectivity index (χ2v) is 5.45. The molecule has 1 aromatic heterocycles. The number of nitrogens with zero attached hydrogens (tertiary/aromatic N) is 2. The van der Waals surface area contributed by atoms with E-state index in [1.54, 1.807) is 12.3 Å². The molecule has 2 aromatic rings. The molecule has 0 aliphatic carbocycles. The Morgan fingerprint density at radius 2 is 1.75 bits per heavy atom. The first kappa shape index (κ1) is 25.2. The fourth-order valence-electron chi connectivity index (χ4n) is 2.83. The maximum absolute atomic E-state index is 10.3. The molecular weight excluding hydrogens is 367 g/mol. The molecule has 0 saturated heterocycles. The molecule has 0 aliphatic heterocycles. The van der Waals surface area contributed by atoms with Gasteiger partial charge in [0, 0.05) is 11.8 Å². The van der Waals surface area contributed by atoms with E-state index in [-0.39, 0.29) is 37.2 Å². The molecule has 2 rings (SSSR count). The van der Waals surface area contributed by atoms with Crippen LogP contribution in [0.4, 0.5) is 0 Å². The summed E-state index contributed by atoms with van der Waals surface area (Å²) in [5.41, 5.74) is 2.78. The maximum atomic E-state index is 10.3. The van der Waals surface area contributed by atoms with Crippen LogP contribution in [0.2, 0.25) is 0 Å². The average Bonchev–Trinajstić information content (AvgIpc) is 2.52. The number of rotatable bonds is 7. The van der Waals surface area contributed by atoms with Gasteiger partial charge in [-0.05, 0) is 42.5 Å². The number of phenols is 1. The van der Waals surface area contributed by atoms with Crippen LogP contribution in [0.3, 0.4) is 0 Å². The van der Waals surface area contributed by atoms with Crippen LogP contribution in [0.15, 0.2) is 36.5 Å². The Morgan fingerprint density at radius 1 is 1.00 bits per heavy atom. The molecule has 1 N–H and O–H groups in total. The number of unbranched alkanes of at least 4 members (excludes halogenated alkanes) is 2. The van der Waals surface area contributed by atoms with E-state index in [1.165, 1.54) is 24.8 Å². The molecule has 3 nitrogen and oxygen atoms in total. The van der Waals surface area contributed by atoms with Crippen molar-refractivity contribution in [1.29, 1.82) is 0 Å². The maximum Gasteiger partial charge on any atom is 0.125 e. The van der Waals surface area contributed by atoms with Crippen molar-refractivity contribution in [2.75, 3.05) is 0 Å². The van der Waals surface area contributed by atoms with Gasteiger partial charge in [-0.15, -0.1) is 37.2 Å². The summed E-state index contributed by atoms with van der Waals surface area (Å²) in [7, 11) is 0. The van der Waals surface area contributed by atoms with Gasteiger partial charge in [-0.2, -0.15) is 10.2 Å². The van der Waals surface area contributed by atoms with Crippen LogP contribution in [-0.2, 0) is 0 Å². The van der Waals surface area contributed by atoms with Crippen LogP contribution >= 0.6 is 37.2 Å². The second kappa shape index (κ2) is 13.3. The van der Waals surface area contributed by atoms with Crippen molar-refractivity contribution in [1.82, 2.24) is 10.2 Å². The van der Waals surface area contributed by atoms with Crippen molar-refractivity contribution in [3.63, 3.8) is 0 Å². The minimum absolute atomic E-state index is 0. The van der Waals surface area contributed by atoms with E-state index in [1.807, 2.05) is 18.2 Å². The van der Waals surface area contributed by atoms with Gasteiger partial charge in [-0.3, -0.25) is 0 Å². The molecular formula is C18H27Cl3N2O.